The zero-order valence-corrected chi connectivity index (χ0v) is 14.3. The molecule has 1 aromatic heterocycles. The molecule has 3 aromatic rings. The van der Waals surface area contributed by atoms with Crippen molar-refractivity contribution in [2.45, 2.75) is 20.0 Å². The summed E-state index contributed by atoms with van der Waals surface area (Å²) in [6.07, 6.45) is -1.01. The van der Waals surface area contributed by atoms with Crippen LogP contribution in [-0.4, -0.2) is 23.8 Å². The summed E-state index contributed by atoms with van der Waals surface area (Å²) in [6, 6.07) is 15.2. The van der Waals surface area contributed by atoms with Gasteiger partial charge >= 0.3 is 5.97 Å². The molecule has 0 aliphatic carbocycles. The molecule has 6 heteroatoms. The molecule has 0 saturated carbocycles. The lowest BCUT2D eigenvalue weighted by Crippen LogP contribution is -2.29. The van der Waals surface area contributed by atoms with Gasteiger partial charge in [0.1, 0.15) is 5.58 Å². The average molecular weight is 351 g/mol. The largest absolute Gasteiger partial charge is 0.449 e. The van der Waals surface area contributed by atoms with E-state index in [1.165, 1.54) is 13.8 Å². The van der Waals surface area contributed by atoms with Gasteiger partial charge in [0.2, 0.25) is 5.76 Å². The first-order valence-electron chi connectivity index (χ1n) is 8.05. The quantitative estimate of drug-likeness (QED) is 0.558. The van der Waals surface area contributed by atoms with Crippen molar-refractivity contribution in [1.82, 2.24) is 0 Å². The molecule has 0 spiro atoms. The van der Waals surface area contributed by atoms with Crippen molar-refractivity contribution in [2.24, 2.45) is 0 Å². The second-order valence-electron chi connectivity index (χ2n) is 5.82. The Morgan fingerprint density at radius 3 is 2.38 bits per heavy atom. The van der Waals surface area contributed by atoms with Crippen molar-refractivity contribution in [3.8, 4) is 0 Å². The van der Waals surface area contributed by atoms with E-state index < -0.39 is 18.0 Å². The minimum Gasteiger partial charge on any atom is -0.449 e. The second kappa shape index (κ2) is 7.23. The molecule has 132 valence electrons. The molecule has 1 amide bonds. The third-order valence-electron chi connectivity index (χ3n) is 3.84. The maximum absolute atomic E-state index is 12.2. The standard InChI is InChI=1S/C20H17NO5/c1-12(22)14-7-9-16(10-8-14)21-19(23)13(2)25-20(24)18-11-15-5-3-4-6-17(15)26-18/h3-11,13H,1-2H3,(H,21,23)/t13-/m1/s1. The summed E-state index contributed by atoms with van der Waals surface area (Å²) >= 11 is 0. The van der Waals surface area contributed by atoms with Crippen LogP contribution in [0, 0.1) is 0 Å². The maximum Gasteiger partial charge on any atom is 0.375 e. The number of hydrogen-bond acceptors (Lipinski definition) is 5. The van der Waals surface area contributed by atoms with Crippen LogP contribution < -0.4 is 5.32 Å². The number of anilines is 1. The van der Waals surface area contributed by atoms with E-state index in [4.69, 9.17) is 9.15 Å². The third-order valence-corrected chi connectivity index (χ3v) is 3.84. The summed E-state index contributed by atoms with van der Waals surface area (Å²) in [5, 5.41) is 3.41. The number of benzene rings is 2. The summed E-state index contributed by atoms with van der Waals surface area (Å²) < 4.78 is 10.6. The number of nitrogens with one attached hydrogen (secondary N) is 1. The molecule has 3 rings (SSSR count). The number of Topliss-reactive ketones (excluding diaryl/α,β-unsaturated/α-hetero) is 1. The molecule has 0 unspecified atom stereocenters. The van der Waals surface area contributed by atoms with Crippen molar-refractivity contribution in [3.63, 3.8) is 0 Å². The molecule has 0 aliphatic heterocycles. The molecule has 1 atom stereocenters. The average Bonchev–Trinajstić information content (AvgIpc) is 3.06. The highest BCUT2D eigenvalue weighted by Crippen LogP contribution is 2.20. The molecule has 0 fully saturated rings. The van der Waals surface area contributed by atoms with Crippen molar-refractivity contribution >= 4 is 34.3 Å². The van der Waals surface area contributed by atoms with Crippen molar-refractivity contribution in [3.05, 3.63) is 65.9 Å². The van der Waals surface area contributed by atoms with Gasteiger partial charge in [-0.1, -0.05) is 18.2 Å². The van der Waals surface area contributed by atoms with E-state index in [1.807, 2.05) is 12.1 Å². The Morgan fingerprint density at radius 1 is 1.04 bits per heavy atom. The lowest BCUT2D eigenvalue weighted by Gasteiger charge is -2.12. The number of hydrogen-bond donors (Lipinski definition) is 1. The molecule has 0 aliphatic rings. The van der Waals surface area contributed by atoms with Gasteiger partial charge in [0.25, 0.3) is 5.91 Å². The van der Waals surface area contributed by atoms with Gasteiger partial charge in [-0.15, -0.1) is 0 Å². The molecule has 0 radical (unpaired) electrons. The van der Waals surface area contributed by atoms with E-state index >= 15 is 0 Å². The summed E-state index contributed by atoms with van der Waals surface area (Å²) in [7, 11) is 0. The lowest BCUT2D eigenvalue weighted by atomic mass is 10.1. The number of ether oxygens (including phenoxy) is 1. The monoisotopic (exact) mass is 351 g/mol. The molecule has 6 nitrogen and oxygen atoms in total. The van der Waals surface area contributed by atoms with Gasteiger partial charge in [0.15, 0.2) is 11.9 Å². The van der Waals surface area contributed by atoms with Gasteiger partial charge in [0, 0.05) is 16.6 Å². The van der Waals surface area contributed by atoms with Crippen LogP contribution in [-0.2, 0) is 9.53 Å². The summed E-state index contributed by atoms with van der Waals surface area (Å²) in [6.45, 7) is 2.94. The maximum atomic E-state index is 12.2. The van der Waals surface area contributed by atoms with E-state index in [2.05, 4.69) is 5.32 Å². The SMILES string of the molecule is CC(=O)c1ccc(NC(=O)[C@@H](C)OC(=O)c2cc3ccccc3o2)cc1. The predicted molar refractivity (Wildman–Crippen MR) is 96.2 cm³/mol. The minimum atomic E-state index is -1.01. The normalized spacial score (nSPS) is 11.8. The first-order chi connectivity index (χ1) is 12.4. The third kappa shape index (κ3) is 3.80. The van der Waals surface area contributed by atoms with Crippen LogP contribution in [0.5, 0.6) is 0 Å². The number of ketones is 1. The van der Waals surface area contributed by atoms with Gasteiger partial charge in [-0.2, -0.15) is 0 Å². The molecule has 1 N–H and O–H groups in total. The van der Waals surface area contributed by atoms with Crippen molar-refractivity contribution in [2.75, 3.05) is 5.32 Å². The van der Waals surface area contributed by atoms with Crippen LogP contribution in [0.3, 0.4) is 0 Å². The van der Waals surface area contributed by atoms with E-state index in [-0.39, 0.29) is 11.5 Å². The summed E-state index contributed by atoms with van der Waals surface area (Å²) in [4.78, 5) is 35.6. The van der Waals surface area contributed by atoms with Gasteiger partial charge in [0.05, 0.1) is 0 Å². The first-order valence-corrected chi connectivity index (χ1v) is 8.05. The van der Waals surface area contributed by atoms with Crippen LogP contribution in [0.2, 0.25) is 0 Å². The van der Waals surface area contributed by atoms with Crippen molar-refractivity contribution in [1.29, 1.82) is 0 Å². The highest BCUT2D eigenvalue weighted by molar-refractivity contribution is 5.99. The molecule has 0 saturated heterocycles. The van der Waals surface area contributed by atoms with Gasteiger partial charge in [-0.05, 0) is 50.2 Å². The number of rotatable bonds is 5. The van der Waals surface area contributed by atoms with Crippen molar-refractivity contribution < 1.29 is 23.5 Å². The first kappa shape index (κ1) is 17.4. The Balaban J connectivity index is 1.62. The van der Waals surface area contributed by atoms with Gasteiger partial charge in [-0.3, -0.25) is 9.59 Å². The topological polar surface area (TPSA) is 85.6 Å². The molecule has 2 aromatic carbocycles. The van der Waals surface area contributed by atoms with E-state index in [9.17, 15) is 14.4 Å². The summed E-state index contributed by atoms with van der Waals surface area (Å²) in [5.41, 5.74) is 1.63. The van der Waals surface area contributed by atoms with Crippen LogP contribution in [0.25, 0.3) is 11.0 Å². The number of amides is 1. The Bertz CT molecular complexity index is 938. The fourth-order valence-corrected chi connectivity index (χ4v) is 2.39. The van der Waals surface area contributed by atoms with Crippen LogP contribution in [0.1, 0.15) is 34.8 Å². The summed E-state index contributed by atoms with van der Waals surface area (Å²) in [5.74, 6) is -1.21. The van der Waals surface area contributed by atoms with E-state index in [1.54, 1.807) is 42.5 Å². The fourth-order valence-electron chi connectivity index (χ4n) is 2.39. The zero-order chi connectivity index (χ0) is 18.7. The molecular weight excluding hydrogens is 334 g/mol. The van der Waals surface area contributed by atoms with E-state index in [0.29, 0.717) is 16.8 Å². The number of carbonyl (C=O) groups is 3. The number of carbonyl (C=O) groups excluding carboxylic acids is 3. The van der Waals surface area contributed by atoms with Gasteiger partial charge in [-0.25, -0.2) is 4.79 Å². The fraction of sp³-hybridized carbons (Fsp3) is 0.150. The number of furan rings is 1. The Labute approximate surface area is 149 Å². The lowest BCUT2D eigenvalue weighted by molar-refractivity contribution is -0.123. The highest BCUT2D eigenvalue weighted by atomic mass is 16.6. The van der Waals surface area contributed by atoms with Crippen LogP contribution in [0.4, 0.5) is 5.69 Å². The number of para-hydroxylation sites is 1. The van der Waals surface area contributed by atoms with Crippen LogP contribution in [0.15, 0.2) is 59.0 Å². The second-order valence-corrected chi connectivity index (χ2v) is 5.82. The Morgan fingerprint density at radius 2 is 1.73 bits per heavy atom. The van der Waals surface area contributed by atoms with Gasteiger partial charge < -0.3 is 14.5 Å². The number of esters is 1. The minimum absolute atomic E-state index is 0.0386. The molecule has 0 bridgehead atoms. The van der Waals surface area contributed by atoms with E-state index in [0.717, 1.165) is 5.39 Å². The Kier molecular flexibility index (Phi) is 4.84. The zero-order valence-electron chi connectivity index (χ0n) is 14.3. The molecule has 1 heterocycles. The smallest absolute Gasteiger partial charge is 0.375 e. The van der Waals surface area contributed by atoms with Crippen LogP contribution >= 0.6 is 0 Å². The molecule has 26 heavy (non-hydrogen) atoms. The Hall–Kier alpha value is -3.41. The molecular formula is C20H17NO5. The highest BCUT2D eigenvalue weighted by Gasteiger charge is 2.21. The number of fused-ring (bicyclic) bond motifs is 1. The predicted octanol–water partition coefficient (Wildman–Crippen LogP) is 3.82.